The first kappa shape index (κ1) is 27.9. The Kier molecular flexibility index (Phi) is 31.6. The Labute approximate surface area is 159 Å². The van der Waals surface area contributed by atoms with Crippen LogP contribution in [0.1, 0.15) is 13.8 Å². The molecular formula is C18H40O8. The van der Waals surface area contributed by atoms with Gasteiger partial charge in [0.05, 0.1) is 79.3 Å². The van der Waals surface area contributed by atoms with Crippen LogP contribution in [-0.2, 0) is 37.9 Å². The van der Waals surface area contributed by atoms with Crippen molar-refractivity contribution >= 4 is 0 Å². The summed E-state index contributed by atoms with van der Waals surface area (Å²) in [5.74, 6) is 0. The van der Waals surface area contributed by atoms with Crippen LogP contribution in [0, 0.1) is 0 Å². The molecule has 0 aromatic heterocycles. The summed E-state index contributed by atoms with van der Waals surface area (Å²) in [4.78, 5) is 0. The Balaban J connectivity index is 0. The highest BCUT2D eigenvalue weighted by atomic mass is 16.6. The number of hydrogen-bond donors (Lipinski definition) is 0. The van der Waals surface area contributed by atoms with Crippen molar-refractivity contribution in [3.63, 3.8) is 0 Å². The molecule has 0 atom stereocenters. The first-order valence-electron chi connectivity index (χ1n) is 9.27. The minimum absolute atomic E-state index is 0.618. The molecule has 0 N–H and O–H groups in total. The van der Waals surface area contributed by atoms with Gasteiger partial charge in [-0.3, -0.25) is 0 Å². The van der Waals surface area contributed by atoms with Crippen molar-refractivity contribution in [1.82, 2.24) is 0 Å². The fourth-order valence-electron chi connectivity index (χ4n) is 1.45. The quantitative estimate of drug-likeness (QED) is 0.292. The largest absolute Gasteiger partial charge is 0.382 e. The lowest BCUT2D eigenvalue weighted by atomic mass is 10.7. The average Bonchev–Trinajstić information content (AvgIpc) is 2.66. The van der Waals surface area contributed by atoms with Crippen LogP contribution in [0.25, 0.3) is 0 Å². The molecule has 0 saturated heterocycles. The number of hydrogen-bond acceptors (Lipinski definition) is 8. The van der Waals surface area contributed by atoms with Gasteiger partial charge in [-0.25, -0.2) is 0 Å². The normalized spacial score (nSPS) is 10.6. The van der Waals surface area contributed by atoms with E-state index in [1.165, 1.54) is 0 Å². The minimum atomic E-state index is 0.618. The van der Waals surface area contributed by atoms with Gasteiger partial charge in [-0.1, -0.05) is 0 Å². The molecule has 0 unspecified atom stereocenters. The van der Waals surface area contributed by atoms with E-state index >= 15 is 0 Å². The summed E-state index contributed by atoms with van der Waals surface area (Å²) < 4.78 is 40.6. The second-order valence-corrected chi connectivity index (χ2v) is 4.83. The van der Waals surface area contributed by atoms with E-state index in [1.807, 2.05) is 13.8 Å². The highest BCUT2D eigenvalue weighted by molar-refractivity contribution is 4.34. The molecule has 0 aliphatic rings. The van der Waals surface area contributed by atoms with Crippen LogP contribution in [0.15, 0.2) is 0 Å². The van der Waals surface area contributed by atoms with E-state index in [9.17, 15) is 0 Å². The van der Waals surface area contributed by atoms with Gasteiger partial charge in [0.2, 0.25) is 0 Å². The highest BCUT2D eigenvalue weighted by Crippen LogP contribution is 1.82. The van der Waals surface area contributed by atoms with Crippen molar-refractivity contribution < 1.29 is 37.9 Å². The van der Waals surface area contributed by atoms with Crippen molar-refractivity contribution in [2.75, 3.05) is 107 Å². The van der Waals surface area contributed by atoms with Gasteiger partial charge < -0.3 is 37.9 Å². The molecule has 160 valence electrons. The van der Waals surface area contributed by atoms with E-state index in [0.29, 0.717) is 79.3 Å². The van der Waals surface area contributed by atoms with E-state index < -0.39 is 0 Å². The van der Waals surface area contributed by atoms with Crippen molar-refractivity contribution in [2.45, 2.75) is 13.8 Å². The van der Waals surface area contributed by atoms with Gasteiger partial charge in [-0.05, 0) is 13.8 Å². The van der Waals surface area contributed by atoms with Crippen molar-refractivity contribution in [2.24, 2.45) is 0 Å². The zero-order valence-electron chi connectivity index (χ0n) is 17.2. The Morgan fingerprint density at radius 3 is 0.808 bits per heavy atom. The lowest BCUT2D eigenvalue weighted by molar-refractivity contribution is 0.000930. The Hall–Kier alpha value is -0.320. The minimum Gasteiger partial charge on any atom is -0.382 e. The van der Waals surface area contributed by atoms with Gasteiger partial charge in [0.15, 0.2) is 0 Å². The molecule has 8 heteroatoms. The van der Waals surface area contributed by atoms with Gasteiger partial charge in [-0.2, -0.15) is 0 Å². The molecule has 26 heavy (non-hydrogen) atoms. The first-order valence-corrected chi connectivity index (χ1v) is 9.27. The molecule has 0 spiro atoms. The van der Waals surface area contributed by atoms with Crippen LogP contribution in [0.2, 0.25) is 0 Å². The molecule has 8 nitrogen and oxygen atoms in total. The van der Waals surface area contributed by atoms with E-state index in [4.69, 9.17) is 37.9 Å². The van der Waals surface area contributed by atoms with Crippen LogP contribution < -0.4 is 0 Å². The molecule has 0 bridgehead atoms. The fraction of sp³-hybridized carbons (Fsp3) is 1.00. The van der Waals surface area contributed by atoms with E-state index in [2.05, 4.69) is 0 Å². The van der Waals surface area contributed by atoms with E-state index in [1.54, 1.807) is 14.2 Å². The molecule has 0 heterocycles. The Morgan fingerprint density at radius 2 is 0.577 bits per heavy atom. The summed E-state index contributed by atoms with van der Waals surface area (Å²) in [7, 11) is 3.30. The predicted molar refractivity (Wildman–Crippen MR) is 100 cm³/mol. The number of rotatable bonds is 20. The van der Waals surface area contributed by atoms with Gasteiger partial charge >= 0.3 is 0 Å². The molecule has 0 aromatic rings. The summed E-state index contributed by atoms with van der Waals surface area (Å²) in [5.41, 5.74) is 0. The van der Waals surface area contributed by atoms with Gasteiger partial charge in [0.1, 0.15) is 0 Å². The molecule has 0 aromatic carbocycles. The third kappa shape index (κ3) is 31.4. The maximum Gasteiger partial charge on any atom is 0.0701 e. The van der Waals surface area contributed by atoms with E-state index in [-0.39, 0.29) is 0 Å². The lowest BCUT2D eigenvalue weighted by Gasteiger charge is -2.05. The molecule has 0 saturated carbocycles. The topological polar surface area (TPSA) is 73.8 Å². The zero-order chi connectivity index (χ0) is 19.6. The molecule has 0 rings (SSSR count). The summed E-state index contributed by atoms with van der Waals surface area (Å²) >= 11 is 0. The third-order valence-corrected chi connectivity index (χ3v) is 2.76. The monoisotopic (exact) mass is 384 g/mol. The zero-order valence-corrected chi connectivity index (χ0v) is 17.2. The molecule has 0 radical (unpaired) electrons. The number of methoxy groups -OCH3 is 2. The maximum atomic E-state index is 5.25. The Morgan fingerprint density at radius 1 is 0.346 bits per heavy atom. The van der Waals surface area contributed by atoms with Crippen molar-refractivity contribution in [3.8, 4) is 0 Å². The molecule has 0 aliphatic carbocycles. The summed E-state index contributed by atoms with van der Waals surface area (Å²) in [6, 6.07) is 0. The summed E-state index contributed by atoms with van der Waals surface area (Å²) in [6.07, 6.45) is 0. The van der Waals surface area contributed by atoms with E-state index in [0.717, 1.165) is 13.2 Å². The molecule has 0 fully saturated rings. The van der Waals surface area contributed by atoms with Crippen LogP contribution >= 0.6 is 0 Å². The van der Waals surface area contributed by atoms with Crippen molar-refractivity contribution in [1.29, 1.82) is 0 Å². The average molecular weight is 385 g/mol. The van der Waals surface area contributed by atoms with Crippen LogP contribution in [-0.4, -0.2) is 107 Å². The summed E-state index contributed by atoms with van der Waals surface area (Å²) in [6.45, 7) is 13.1. The SMILES string of the molecule is CCOCCOCCOCCOCC.COCCOCCOCCOC. The third-order valence-electron chi connectivity index (χ3n) is 2.76. The van der Waals surface area contributed by atoms with Crippen molar-refractivity contribution in [3.05, 3.63) is 0 Å². The fourth-order valence-corrected chi connectivity index (χ4v) is 1.45. The second kappa shape index (κ2) is 29.4. The molecule has 0 aliphatic heterocycles. The van der Waals surface area contributed by atoms with Crippen LogP contribution in [0.5, 0.6) is 0 Å². The smallest absolute Gasteiger partial charge is 0.0701 e. The molecule has 0 amide bonds. The maximum absolute atomic E-state index is 5.25. The van der Waals surface area contributed by atoms with Crippen LogP contribution in [0.3, 0.4) is 0 Å². The number of ether oxygens (including phenoxy) is 8. The van der Waals surface area contributed by atoms with Gasteiger partial charge in [0.25, 0.3) is 0 Å². The highest BCUT2D eigenvalue weighted by Gasteiger charge is 1.90. The first-order chi connectivity index (χ1) is 12.8. The summed E-state index contributed by atoms with van der Waals surface area (Å²) in [5, 5.41) is 0. The second-order valence-electron chi connectivity index (χ2n) is 4.83. The molecular weight excluding hydrogens is 344 g/mol. The van der Waals surface area contributed by atoms with Gasteiger partial charge in [-0.15, -0.1) is 0 Å². The van der Waals surface area contributed by atoms with Gasteiger partial charge in [0, 0.05) is 27.4 Å². The van der Waals surface area contributed by atoms with Crippen LogP contribution in [0.4, 0.5) is 0 Å². The lowest BCUT2D eigenvalue weighted by Crippen LogP contribution is -2.11. The standard InChI is InChI=1S/C10H22O4.C8H18O4/c1-3-11-5-7-13-9-10-14-8-6-12-4-2;1-9-3-5-11-7-8-12-6-4-10-2/h3-10H2,1-2H3;3-8H2,1-2H3. The predicted octanol–water partition coefficient (Wildman–Crippen LogP) is 1.41. The Bertz CT molecular complexity index is 197.